The van der Waals surface area contributed by atoms with Gasteiger partial charge < -0.3 is 10.4 Å². The lowest BCUT2D eigenvalue weighted by Gasteiger charge is -2.20. The molecule has 2 N–H and O–H groups in total. The molecule has 0 aromatic carbocycles. The lowest BCUT2D eigenvalue weighted by Crippen LogP contribution is -2.38. The molecule has 0 saturated carbocycles. The first-order valence-corrected chi connectivity index (χ1v) is 8.10. The molecule has 22 heavy (non-hydrogen) atoms. The number of halogens is 1. The minimum absolute atomic E-state index is 0.00801. The van der Waals surface area contributed by atoms with E-state index in [1.165, 1.54) is 11.3 Å². The van der Waals surface area contributed by atoms with Crippen molar-refractivity contribution in [2.24, 2.45) is 0 Å². The highest BCUT2D eigenvalue weighted by Gasteiger charge is 2.11. The van der Waals surface area contributed by atoms with Gasteiger partial charge in [-0.15, -0.1) is 11.3 Å². The first-order chi connectivity index (χ1) is 10.7. The summed E-state index contributed by atoms with van der Waals surface area (Å²) in [6.07, 6.45) is 3.47. The number of carbonyl (C=O) groups excluding carboxylic acids is 1. The van der Waals surface area contributed by atoms with E-state index in [2.05, 4.69) is 10.3 Å². The van der Waals surface area contributed by atoms with Crippen molar-refractivity contribution in [3.63, 3.8) is 0 Å². The molecule has 1 amide bonds. The van der Waals surface area contributed by atoms with E-state index in [1.807, 2.05) is 29.2 Å². The van der Waals surface area contributed by atoms with Crippen LogP contribution >= 0.6 is 22.9 Å². The summed E-state index contributed by atoms with van der Waals surface area (Å²) in [6, 6.07) is 7.51. The van der Waals surface area contributed by atoms with Crippen molar-refractivity contribution in [1.29, 1.82) is 0 Å². The van der Waals surface area contributed by atoms with Gasteiger partial charge in [0.25, 0.3) is 0 Å². The molecule has 0 fully saturated rings. The van der Waals surface area contributed by atoms with Gasteiger partial charge in [0.15, 0.2) is 0 Å². The van der Waals surface area contributed by atoms with Crippen LogP contribution in [0.1, 0.15) is 10.4 Å². The van der Waals surface area contributed by atoms with Crippen LogP contribution in [0, 0.1) is 0 Å². The van der Waals surface area contributed by atoms with E-state index in [1.54, 1.807) is 12.4 Å². The van der Waals surface area contributed by atoms with Crippen LogP contribution in [-0.4, -0.2) is 40.6 Å². The van der Waals surface area contributed by atoms with Crippen molar-refractivity contribution in [1.82, 2.24) is 15.2 Å². The smallest absolute Gasteiger partial charge is 0.234 e. The second kappa shape index (κ2) is 8.85. The molecule has 0 saturated heterocycles. The molecule has 0 aliphatic rings. The number of hydrogen-bond donors (Lipinski definition) is 2. The molecule has 5 nitrogen and oxygen atoms in total. The number of aromatic nitrogens is 1. The average Bonchev–Trinajstić information content (AvgIpc) is 2.92. The number of pyridine rings is 1. The van der Waals surface area contributed by atoms with Crippen LogP contribution in [-0.2, 0) is 17.9 Å². The highest BCUT2D eigenvalue weighted by molar-refractivity contribution is 7.16. The molecule has 0 aliphatic heterocycles. The van der Waals surface area contributed by atoms with E-state index in [0.717, 1.165) is 10.4 Å². The summed E-state index contributed by atoms with van der Waals surface area (Å²) in [5.74, 6) is -0.0816. The summed E-state index contributed by atoms with van der Waals surface area (Å²) in [4.78, 5) is 19.0. The fourth-order valence-electron chi connectivity index (χ4n) is 2.00. The Kier molecular flexibility index (Phi) is 6.79. The van der Waals surface area contributed by atoms with Crippen LogP contribution in [0.5, 0.6) is 0 Å². The van der Waals surface area contributed by atoms with Crippen LogP contribution < -0.4 is 5.32 Å². The highest BCUT2D eigenvalue weighted by Crippen LogP contribution is 2.20. The Balaban J connectivity index is 1.83. The van der Waals surface area contributed by atoms with Gasteiger partial charge >= 0.3 is 0 Å². The Morgan fingerprint density at radius 3 is 2.91 bits per heavy atom. The number of nitrogens with one attached hydrogen (secondary N) is 1. The molecule has 2 heterocycles. The van der Waals surface area contributed by atoms with E-state index < -0.39 is 0 Å². The molecule has 7 heteroatoms. The fourth-order valence-corrected chi connectivity index (χ4v) is 3.02. The Morgan fingerprint density at radius 1 is 1.41 bits per heavy atom. The number of aliphatic hydroxyl groups is 1. The van der Waals surface area contributed by atoms with Crippen molar-refractivity contribution in [3.05, 3.63) is 51.4 Å². The SMILES string of the molecule is O=C(CN(CCO)Cc1cccnc1)NCc1ccc(Cl)s1. The van der Waals surface area contributed by atoms with Crippen LogP contribution in [0.3, 0.4) is 0 Å². The maximum Gasteiger partial charge on any atom is 0.234 e. The molecule has 2 rings (SSSR count). The molecule has 118 valence electrons. The number of nitrogens with zero attached hydrogens (tertiary/aromatic N) is 2. The zero-order valence-electron chi connectivity index (χ0n) is 12.0. The van der Waals surface area contributed by atoms with E-state index in [-0.39, 0.29) is 19.1 Å². The third-order valence-electron chi connectivity index (χ3n) is 3.00. The maximum atomic E-state index is 12.0. The molecule has 2 aromatic rings. The van der Waals surface area contributed by atoms with Crippen molar-refractivity contribution in [2.75, 3.05) is 19.7 Å². The average molecular weight is 340 g/mol. The van der Waals surface area contributed by atoms with Crippen molar-refractivity contribution in [2.45, 2.75) is 13.1 Å². The van der Waals surface area contributed by atoms with E-state index >= 15 is 0 Å². The summed E-state index contributed by atoms with van der Waals surface area (Å²) >= 11 is 7.31. The number of amides is 1. The predicted molar refractivity (Wildman–Crippen MR) is 87.8 cm³/mol. The zero-order valence-corrected chi connectivity index (χ0v) is 13.6. The molecular weight excluding hydrogens is 322 g/mol. The normalized spacial score (nSPS) is 10.9. The topological polar surface area (TPSA) is 65.5 Å². The summed E-state index contributed by atoms with van der Waals surface area (Å²) < 4.78 is 0.711. The van der Waals surface area contributed by atoms with Gasteiger partial charge in [0, 0.05) is 30.4 Å². The molecule has 0 radical (unpaired) electrons. The quantitative estimate of drug-likeness (QED) is 0.771. The number of aliphatic hydroxyl groups excluding tert-OH is 1. The summed E-state index contributed by atoms with van der Waals surface area (Å²) in [5, 5.41) is 12.0. The zero-order chi connectivity index (χ0) is 15.8. The summed E-state index contributed by atoms with van der Waals surface area (Å²) in [7, 11) is 0. The second-order valence-corrected chi connectivity index (χ2v) is 6.58. The molecule has 0 bridgehead atoms. The van der Waals surface area contributed by atoms with Gasteiger partial charge in [0.1, 0.15) is 0 Å². The Labute approximate surface area is 138 Å². The van der Waals surface area contributed by atoms with E-state index in [9.17, 15) is 4.79 Å². The van der Waals surface area contributed by atoms with E-state index in [4.69, 9.17) is 16.7 Å². The second-order valence-electron chi connectivity index (χ2n) is 4.78. The largest absolute Gasteiger partial charge is 0.395 e. The molecule has 0 aliphatic carbocycles. The van der Waals surface area contributed by atoms with Crippen LogP contribution in [0.15, 0.2) is 36.7 Å². The molecule has 2 aromatic heterocycles. The Morgan fingerprint density at radius 2 is 2.27 bits per heavy atom. The monoisotopic (exact) mass is 339 g/mol. The summed E-state index contributed by atoms with van der Waals surface area (Å²) in [6.45, 7) is 1.72. The standard InChI is InChI=1S/C15H18ClN3O2S/c16-14-4-3-13(22-14)9-18-15(21)11-19(6-7-20)10-12-2-1-5-17-8-12/h1-5,8,20H,6-7,9-11H2,(H,18,21). The number of thiophene rings is 1. The third kappa shape index (κ3) is 5.73. The van der Waals surface area contributed by atoms with Gasteiger partial charge in [0.05, 0.1) is 24.0 Å². The van der Waals surface area contributed by atoms with Gasteiger partial charge in [-0.2, -0.15) is 0 Å². The van der Waals surface area contributed by atoms with Crippen molar-refractivity contribution >= 4 is 28.8 Å². The highest BCUT2D eigenvalue weighted by atomic mass is 35.5. The molecular formula is C15H18ClN3O2S. The fraction of sp³-hybridized carbons (Fsp3) is 0.333. The van der Waals surface area contributed by atoms with Gasteiger partial charge in [-0.25, -0.2) is 0 Å². The maximum absolute atomic E-state index is 12.0. The van der Waals surface area contributed by atoms with Crippen LogP contribution in [0.25, 0.3) is 0 Å². The third-order valence-corrected chi connectivity index (χ3v) is 4.23. The number of hydrogen-bond acceptors (Lipinski definition) is 5. The minimum atomic E-state index is -0.0816. The first-order valence-electron chi connectivity index (χ1n) is 6.90. The van der Waals surface area contributed by atoms with Gasteiger partial charge in [-0.3, -0.25) is 14.7 Å². The van der Waals surface area contributed by atoms with Gasteiger partial charge in [-0.05, 0) is 23.8 Å². The van der Waals surface area contributed by atoms with Gasteiger partial charge in [0.2, 0.25) is 5.91 Å². The Hall–Kier alpha value is -1.47. The minimum Gasteiger partial charge on any atom is -0.395 e. The van der Waals surface area contributed by atoms with E-state index in [0.29, 0.717) is 24.0 Å². The lowest BCUT2D eigenvalue weighted by atomic mass is 10.2. The van der Waals surface area contributed by atoms with Crippen molar-refractivity contribution < 1.29 is 9.90 Å². The molecule has 0 atom stereocenters. The number of carbonyl (C=O) groups is 1. The predicted octanol–water partition coefficient (Wildman–Crippen LogP) is 1.91. The number of rotatable bonds is 8. The summed E-state index contributed by atoms with van der Waals surface area (Å²) in [5.41, 5.74) is 1.01. The molecule has 0 unspecified atom stereocenters. The van der Waals surface area contributed by atoms with Gasteiger partial charge in [-0.1, -0.05) is 17.7 Å². The molecule has 0 spiro atoms. The lowest BCUT2D eigenvalue weighted by molar-refractivity contribution is -0.122. The van der Waals surface area contributed by atoms with Crippen molar-refractivity contribution in [3.8, 4) is 0 Å². The Bertz CT molecular complexity index is 591. The first kappa shape index (κ1) is 16.9. The van der Waals surface area contributed by atoms with Crippen LogP contribution in [0.4, 0.5) is 0 Å². The van der Waals surface area contributed by atoms with Crippen LogP contribution in [0.2, 0.25) is 4.34 Å².